The van der Waals surface area contributed by atoms with E-state index in [4.69, 9.17) is 5.73 Å². The molecular formula is C10H20N2. The Balaban J connectivity index is 2.28. The number of nitrogens with two attached hydrogens (primary N) is 1. The molecule has 1 aliphatic heterocycles. The van der Waals surface area contributed by atoms with Crippen LogP contribution in [0.25, 0.3) is 0 Å². The van der Waals surface area contributed by atoms with Crippen molar-refractivity contribution >= 4 is 0 Å². The normalized spacial score (nSPS) is 31.9. The van der Waals surface area contributed by atoms with Gasteiger partial charge in [-0.1, -0.05) is 19.1 Å². The second-order valence-corrected chi connectivity index (χ2v) is 3.85. The van der Waals surface area contributed by atoms with E-state index >= 15 is 0 Å². The van der Waals surface area contributed by atoms with Crippen LogP contribution < -0.4 is 5.73 Å². The van der Waals surface area contributed by atoms with Crippen LogP contribution in [-0.2, 0) is 0 Å². The van der Waals surface area contributed by atoms with Gasteiger partial charge in [-0.2, -0.15) is 0 Å². The summed E-state index contributed by atoms with van der Waals surface area (Å²) < 4.78 is 0. The molecule has 12 heavy (non-hydrogen) atoms. The van der Waals surface area contributed by atoms with Gasteiger partial charge < -0.3 is 5.73 Å². The molecule has 1 fully saturated rings. The largest absolute Gasteiger partial charge is 0.327 e. The highest BCUT2D eigenvalue weighted by molar-refractivity contribution is 4.90. The van der Waals surface area contributed by atoms with Gasteiger partial charge in [0.1, 0.15) is 0 Å². The number of rotatable bonds is 3. The maximum Gasteiger partial charge on any atom is 0.0166 e. The van der Waals surface area contributed by atoms with Gasteiger partial charge in [0.15, 0.2) is 0 Å². The van der Waals surface area contributed by atoms with Crippen molar-refractivity contribution < 1.29 is 0 Å². The van der Waals surface area contributed by atoms with Crippen LogP contribution in [0.1, 0.15) is 20.3 Å². The molecule has 0 aromatic heterocycles. The fraction of sp³-hybridized carbons (Fsp3) is 0.800. The van der Waals surface area contributed by atoms with Crippen LogP contribution in [0.15, 0.2) is 12.2 Å². The lowest BCUT2D eigenvalue weighted by Crippen LogP contribution is -2.27. The van der Waals surface area contributed by atoms with Gasteiger partial charge >= 0.3 is 0 Å². The summed E-state index contributed by atoms with van der Waals surface area (Å²) in [5, 5.41) is 0. The van der Waals surface area contributed by atoms with Crippen molar-refractivity contribution in [1.29, 1.82) is 0 Å². The fourth-order valence-electron chi connectivity index (χ4n) is 1.95. The number of hydrogen-bond donors (Lipinski definition) is 1. The first-order valence-corrected chi connectivity index (χ1v) is 4.83. The van der Waals surface area contributed by atoms with Gasteiger partial charge in [-0.25, -0.2) is 0 Å². The van der Waals surface area contributed by atoms with Crippen LogP contribution in [0.5, 0.6) is 0 Å². The Kier molecular flexibility index (Phi) is 3.76. The van der Waals surface area contributed by atoms with Gasteiger partial charge in [0, 0.05) is 25.7 Å². The van der Waals surface area contributed by atoms with Crippen LogP contribution in [0, 0.1) is 5.92 Å². The standard InChI is InChI=1S/C10H20N2/c1-9-7-10(2)12(8-9)6-4-3-5-11/h3-4,9-10H,5-8,11H2,1-2H3/b4-3+. The van der Waals surface area contributed by atoms with E-state index in [1.54, 1.807) is 0 Å². The van der Waals surface area contributed by atoms with Crippen molar-refractivity contribution in [3.05, 3.63) is 12.2 Å². The summed E-state index contributed by atoms with van der Waals surface area (Å²) in [6.45, 7) is 7.61. The Morgan fingerprint density at radius 1 is 1.42 bits per heavy atom. The summed E-state index contributed by atoms with van der Waals surface area (Å²) in [5.41, 5.74) is 5.37. The second-order valence-electron chi connectivity index (χ2n) is 3.85. The van der Waals surface area contributed by atoms with E-state index in [1.165, 1.54) is 13.0 Å². The third-order valence-corrected chi connectivity index (χ3v) is 2.56. The number of hydrogen-bond acceptors (Lipinski definition) is 2. The van der Waals surface area contributed by atoms with Gasteiger partial charge in [0.05, 0.1) is 0 Å². The van der Waals surface area contributed by atoms with Gasteiger partial charge in [0.25, 0.3) is 0 Å². The van der Waals surface area contributed by atoms with Crippen molar-refractivity contribution in [1.82, 2.24) is 4.90 Å². The first-order chi connectivity index (χ1) is 5.74. The molecule has 1 heterocycles. The molecule has 0 aromatic rings. The minimum absolute atomic E-state index is 0.664. The molecule has 0 saturated carbocycles. The van der Waals surface area contributed by atoms with Crippen molar-refractivity contribution in [2.75, 3.05) is 19.6 Å². The van der Waals surface area contributed by atoms with Crippen LogP contribution in [0.3, 0.4) is 0 Å². The zero-order valence-corrected chi connectivity index (χ0v) is 8.16. The molecule has 0 bridgehead atoms. The Labute approximate surface area is 75.4 Å². The molecule has 2 N–H and O–H groups in total. The molecular weight excluding hydrogens is 148 g/mol. The first kappa shape index (κ1) is 9.75. The van der Waals surface area contributed by atoms with E-state index in [1.807, 2.05) is 6.08 Å². The molecule has 2 nitrogen and oxygen atoms in total. The Hall–Kier alpha value is -0.340. The average molecular weight is 168 g/mol. The lowest BCUT2D eigenvalue weighted by molar-refractivity contribution is 0.294. The molecule has 0 aliphatic carbocycles. The summed E-state index contributed by atoms with van der Waals surface area (Å²) in [7, 11) is 0. The Morgan fingerprint density at radius 3 is 2.67 bits per heavy atom. The van der Waals surface area contributed by atoms with Crippen LogP contribution in [0.2, 0.25) is 0 Å². The molecule has 70 valence electrons. The van der Waals surface area contributed by atoms with Gasteiger partial charge in [-0.3, -0.25) is 4.90 Å². The summed E-state index contributed by atoms with van der Waals surface area (Å²) in [4.78, 5) is 2.51. The zero-order valence-electron chi connectivity index (χ0n) is 8.16. The van der Waals surface area contributed by atoms with Crippen LogP contribution in [0.4, 0.5) is 0 Å². The average Bonchev–Trinajstić information content (AvgIpc) is 2.31. The SMILES string of the molecule is CC1CC(C)N(C/C=C/CN)C1. The van der Waals surface area contributed by atoms with E-state index in [2.05, 4.69) is 24.8 Å². The lowest BCUT2D eigenvalue weighted by atomic mass is 10.1. The minimum Gasteiger partial charge on any atom is -0.327 e. The predicted molar refractivity (Wildman–Crippen MR) is 53.0 cm³/mol. The van der Waals surface area contributed by atoms with E-state index in [9.17, 15) is 0 Å². The van der Waals surface area contributed by atoms with E-state index in [-0.39, 0.29) is 0 Å². The van der Waals surface area contributed by atoms with Crippen LogP contribution >= 0.6 is 0 Å². The molecule has 0 aromatic carbocycles. The van der Waals surface area contributed by atoms with E-state index < -0.39 is 0 Å². The molecule has 1 rings (SSSR count). The van der Waals surface area contributed by atoms with E-state index in [0.717, 1.165) is 18.5 Å². The van der Waals surface area contributed by atoms with E-state index in [0.29, 0.717) is 6.54 Å². The smallest absolute Gasteiger partial charge is 0.0166 e. The minimum atomic E-state index is 0.664. The first-order valence-electron chi connectivity index (χ1n) is 4.83. The molecule has 0 amide bonds. The molecule has 2 atom stereocenters. The topological polar surface area (TPSA) is 29.3 Å². The van der Waals surface area contributed by atoms with Gasteiger partial charge in [0.2, 0.25) is 0 Å². The van der Waals surface area contributed by atoms with Crippen molar-refractivity contribution in [3.63, 3.8) is 0 Å². The quantitative estimate of drug-likeness (QED) is 0.642. The van der Waals surface area contributed by atoms with Crippen molar-refractivity contribution in [2.45, 2.75) is 26.3 Å². The predicted octanol–water partition coefficient (Wildman–Crippen LogP) is 1.23. The molecule has 2 unspecified atom stereocenters. The molecule has 1 saturated heterocycles. The summed E-state index contributed by atoms with van der Waals surface area (Å²) in [5.74, 6) is 0.867. The van der Waals surface area contributed by atoms with Crippen molar-refractivity contribution in [2.24, 2.45) is 11.7 Å². The maximum absolute atomic E-state index is 5.37. The fourth-order valence-corrected chi connectivity index (χ4v) is 1.95. The summed E-state index contributed by atoms with van der Waals surface area (Å²) >= 11 is 0. The number of nitrogens with zero attached hydrogens (tertiary/aromatic N) is 1. The Morgan fingerprint density at radius 2 is 2.17 bits per heavy atom. The zero-order chi connectivity index (χ0) is 8.97. The molecule has 0 radical (unpaired) electrons. The monoisotopic (exact) mass is 168 g/mol. The summed E-state index contributed by atoms with van der Waals surface area (Å²) in [6.07, 6.45) is 5.56. The molecule has 1 aliphatic rings. The highest BCUT2D eigenvalue weighted by atomic mass is 15.2. The third kappa shape index (κ3) is 2.61. The van der Waals surface area contributed by atoms with Gasteiger partial charge in [-0.15, -0.1) is 0 Å². The van der Waals surface area contributed by atoms with Gasteiger partial charge in [-0.05, 0) is 19.3 Å². The maximum atomic E-state index is 5.37. The second kappa shape index (κ2) is 4.63. The third-order valence-electron chi connectivity index (χ3n) is 2.56. The Bertz CT molecular complexity index is 154. The summed E-state index contributed by atoms with van der Waals surface area (Å²) in [6, 6.07) is 0.752. The molecule has 2 heteroatoms. The lowest BCUT2D eigenvalue weighted by Gasteiger charge is -2.18. The number of likely N-dealkylation sites (tertiary alicyclic amines) is 1. The van der Waals surface area contributed by atoms with Crippen LogP contribution in [-0.4, -0.2) is 30.6 Å². The van der Waals surface area contributed by atoms with Crippen molar-refractivity contribution in [3.8, 4) is 0 Å². The highest BCUT2D eigenvalue weighted by Crippen LogP contribution is 2.21. The highest BCUT2D eigenvalue weighted by Gasteiger charge is 2.24. The molecule has 0 spiro atoms.